The fourth-order valence-electron chi connectivity index (χ4n) is 1.39. The molecule has 12 heavy (non-hydrogen) atoms. The van der Waals surface area contributed by atoms with E-state index in [4.69, 9.17) is 4.74 Å². The molecule has 1 fully saturated rings. The second kappa shape index (κ2) is 4.45. The Labute approximate surface area is 73.5 Å². The van der Waals surface area contributed by atoms with E-state index < -0.39 is 0 Å². The molecule has 2 atom stereocenters. The van der Waals surface area contributed by atoms with Gasteiger partial charge in [-0.05, 0) is 18.9 Å². The summed E-state index contributed by atoms with van der Waals surface area (Å²) in [6.45, 7) is 4.96. The van der Waals surface area contributed by atoms with Gasteiger partial charge in [0, 0.05) is 12.8 Å². The zero-order valence-electron chi connectivity index (χ0n) is 7.80. The van der Waals surface area contributed by atoms with Crippen molar-refractivity contribution in [1.82, 2.24) is 5.32 Å². The van der Waals surface area contributed by atoms with Crippen LogP contribution in [0.3, 0.4) is 0 Å². The van der Waals surface area contributed by atoms with Gasteiger partial charge in [-0.3, -0.25) is 10.1 Å². The van der Waals surface area contributed by atoms with E-state index in [1.165, 1.54) is 6.42 Å². The number of nitrogens with one attached hydrogen (secondary N) is 1. The molecule has 3 nitrogen and oxygen atoms in total. The lowest BCUT2D eigenvalue weighted by Gasteiger charge is -2.27. The molecule has 1 saturated heterocycles. The van der Waals surface area contributed by atoms with Crippen LogP contribution in [0.1, 0.15) is 33.1 Å². The first-order valence-electron chi connectivity index (χ1n) is 4.65. The van der Waals surface area contributed by atoms with Gasteiger partial charge in [0.25, 0.3) is 0 Å². The van der Waals surface area contributed by atoms with Gasteiger partial charge in [0.15, 0.2) is 6.23 Å². The van der Waals surface area contributed by atoms with Crippen molar-refractivity contribution < 1.29 is 9.53 Å². The van der Waals surface area contributed by atoms with Crippen molar-refractivity contribution >= 4 is 5.97 Å². The molecule has 0 spiro atoms. The third kappa shape index (κ3) is 2.81. The molecule has 1 N–H and O–H groups in total. The largest absolute Gasteiger partial charge is 0.447 e. The van der Waals surface area contributed by atoms with Gasteiger partial charge < -0.3 is 4.74 Å². The highest BCUT2D eigenvalue weighted by Crippen LogP contribution is 2.15. The number of carbonyl (C=O) groups is 1. The smallest absolute Gasteiger partial charge is 0.307 e. The van der Waals surface area contributed by atoms with Crippen LogP contribution in [0.5, 0.6) is 0 Å². The molecule has 0 aromatic heterocycles. The first-order valence-corrected chi connectivity index (χ1v) is 4.65. The molecule has 0 aromatic carbocycles. The minimum atomic E-state index is -0.110. The van der Waals surface area contributed by atoms with E-state index in [-0.39, 0.29) is 12.2 Å². The summed E-state index contributed by atoms with van der Waals surface area (Å²) in [7, 11) is 0. The Morgan fingerprint density at radius 2 is 2.42 bits per heavy atom. The second-order valence-corrected chi connectivity index (χ2v) is 3.42. The van der Waals surface area contributed by atoms with Crippen molar-refractivity contribution in [3.8, 4) is 0 Å². The molecule has 0 saturated carbocycles. The van der Waals surface area contributed by atoms with E-state index in [1.807, 2.05) is 6.92 Å². The SMILES string of the molecule is CCC(=O)OC1CC(C)CCN1. The van der Waals surface area contributed by atoms with Crippen molar-refractivity contribution in [2.24, 2.45) is 5.92 Å². The first-order chi connectivity index (χ1) is 5.72. The molecule has 1 heterocycles. The van der Waals surface area contributed by atoms with Crippen LogP contribution < -0.4 is 5.32 Å². The van der Waals surface area contributed by atoms with E-state index in [2.05, 4.69) is 12.2 Å². The van der Waals surface area contributed by atoms with Crippen LogP contribution in [0.15, 0.2) is 0 Å². The van der Waals surface area contributed by atoms with Gasteiger partial charge in [0.05, 0.1) is 0 Å². The summed E-state index contributed by atoms with van der Waals surface area (Å²) in [5.74, 6) is 0.558. The van der Waals surface area contributed by atoms with E-state index in [0.717, 1.165) is 13.0 Å². The number of hydrogen-bond acceptors (Lipinski definition) is 3. The molecule has 0 radical (unpaired) electrons. The Balaban J connectivity index is 2.27. The summed E-state index contributed by atoms with van der Waals surface area (Å²) < 4.78 is 5.16. The summed E-state index contributed by atoms with van der Waals surface area (Å²) in [4.78, 5) is 10.9. The lowest BCUT2D eigenvalue weighted by molar-refractivity contribution is -0.152. The number of esters is 1. The van der Waals surface area contributed by atoms with Crippen molar-refractivity contribution in [1.29, 1.82) is 0 Å². The van der Waals surface area contributed by atoms with Gasteiger partial charge in [-0.25, -0.2) is 0 Å². The van der Waals surface area contributed by atoms with Crippen LogP contribution in [0.4, 0.5) is 0 Å². The number of hydrogen-bond donors (Lipinski definition) is 1. The maximum absolute atomic E-state index is 10.9. The van der Waals surface area contributed by atoms with Gasteiger partial charge in [0.1, 0.15) is 0 Å². The van der Waals surface area contributed by atoms with Gasteiger partial charge in [-0.2, -0.15) is 0 Å². The highest BCUT2D eigenvalue weighted by Gasteiger charge is 2.20. The van der Waals surface area contributed by atoms with Gasteiger partial charge in [-0.15, -0.1) is 0 Å². The van der Waals surface area contributed by atoms with Crippen LogP contribution >= 0.6 is 0 Å². The Morgan fingerprint density at radius 1 is 1.67 bits per heavy atom. The minimum Gasteiger partial charge on any atom is -0.447 e. The first kappa shape index (κ1) is 9.52. The highest BCUT2D eigenvalue weighted by atomic mass is 16.6. The average Bonchev–Trinajstić information content (AvgIpc) is 2.04. The van der Waals surface area contributed by atoms with E-state index in [1.54, 1.807) is 0 Å². The maximum Gasteiger partial charge on any atom is 0.307 e. The molecule has 0 bridgehead atoms. The van der Waals surface area contributed by atoms with Crippen LogP contribution in [0, 0.1) is 5.92 Å². The molecule has 1 aliphatic rings. The van der Waals surface area contributed by atoms with Gasteiger partial charge in [0.2, 0.25) is 0 Å². The standard InChI is InChI=1S/C9H17NO2/c1-3-9(11)12-8-6-7(2)4-5-10-8/h7-8,10H,3-6H2,1-2H3. The summed E-state index contributed by atoms with van der Waals surface area (Å²) >= 11 is 0. The highest BCUT2D eigenvalue weighted by molar-refractivity contribution is 5.69. The fraction of sp³-hybridized carbons (Fsp3) is 0.889. The molecule has 0 amide bonds. The Morgan fingerprint density at radius 3 is 3.00 bits per heavy atom. The van der Waals surface area contributed by atoms with Crippen LogP contribution in [0.2, 0.25) is 0 Å². The maximum atomic E-state index is 10.9. The predicted molar refractivity (Wildman–Crippen MR) is 46.6 cm³/mol. The predicted octanol–water partition coefficient (Wildman–Crippen LogP) is 1.29. The normalized spacial score (nSPS) is 29.8. The van der Waals surface area contributed by atoms with E-state index >= 15 is 0 Å². The number of rotatable bonds is 2. The lowest BCUT2D eigenvalue weighted by Crippen LogP contribution is -2.40. The lowest BCUT2D eigenvalue weighted by atomic mass is 9.99. The fourth-order valence-corrected chi connectivity index (χ4v) is 1.39. The summed E-state index contributed by atoms with van der Waals surface area (Å²) in [5, 5.41) is 3.17. The van der Waals surface area contributed by atoms with E-state index in [9.17, 15) is 4.79 Å². The van der Waals surface area contributed by atoms with Crippen molar-refractivity contribution in [2.75, 3.05) is 6.54 Å². The summed E-state index contributed by atoms with van der Waals surface area (Å²) in [6, 6.07) is 0. The molecule has 70 valence electrons. The van der Waals surface area contributed by atoms with E-state index in [0.29, 0.717) is 12.3 Å². The molecule has 0 aliphatic carbocycles. The van der Waals surface area contributed by atoms with Crippen LogP contribution in [-0.2, 0) is 9.53 Å². The molecule has 0 aromatic rings. The molecule has 2 unspecified atom stereocenters. The zero-order chi connectivity index (χ0) is 8.97. The molecular weight excluding hydrogens is 154 g/mol. The van der Waals surface area contributed by atoms with Crippen LogP contribution in [0.25, 0.3) is 0 Å². The molecule has 1 rings (SSSR count). The molecule has 3 heteroatoms. The Hall–Kier alpha value is -0.570. The zero-order valence-corrected chi connectivity index (χ0v) is 7.80. The minimum absolute atomic E-state index is 0.0406. The second-order valence-electron chi connectivity index (χ2n) is 3.42. The average molecular weight is 171 g/mol. The van der Waals surface area contributed by atoms with Crippen molar-refractivity contribution in [3.63, 3.8) is 0 Å². The third-order valence-electron chi connectivity index (χ3n) is 2.19. The number of piperidine rings is 1. The van der Waals surface area contributed by atoms with Crippen molar-refractivity contribution in [2.45, 2.75) is 39.3 Å². The number of carbonyl (C=O) groups excluding carboxylic acids is 1. The van der Waals surface area contributed by atoms with Crippen molar-refractivity contribution in [3.05, 3.63) is 0 Å². The third-order valence-corrected chi connectivity index (χ3v) is 2.19. The number of ether oxygens (including phenoxy) is 1. The Kier molecular flexibility index (Phi) is 3.53. The monoisotopic (exact) mass is 171 g/mol. The molecule has 1 aliphatic heterocycles. The van der Waals surface area contributed by atoms with Gasteiger partial charge >= 0.3 is 5.97 Å². The topological polar surface area (TPSA) is 38.3 Å². The summed E-state index contributed by atoms with van der Waals surface area (Å²) in [5.41, 5.74) is 0. The van der Waals surface area contributed by atoms with Crippen LogP contribution in [-0.4, -0.2) is 18.7 Å². The molecular formula is C9H17NO2. The van der Waals surface area contributed by atoms with Gasteiger partial charge in [-0.1, -0.05) is 13.8 Å². The quantitative estimate of drug-likeness (QED) is 0.636. The summed E-state index contributed by atoms with van der Waals surface area (Å²) in [6.07, 6.45) is 2.56. The Bertz CT molecular complexity index is 159.